The van der Waals surface area contributed by atoms with Crippen LogP contribution in [-0.2, 0) is 10.9 Å². The van der Waals surface area contributed by atoms with Crippen molar-refractivity contribution in [1.82, 2.24) is 10.1 Å². The lowest BCUT2D eigenvalue weighted by molar-refractivity contribution is -0.159. The van der Waals surface area contributed by atoms with Crippen LogP contribution in [-0.4, -0.2) is 21.8 Å². The number of anilines is 1. The zero-order valence-electron chi connectivity index (χ0n) is 12.6. The summed E-state index contributed by atoms with van der Waals surface area (Å²) in [6.07, 6.45) is -5.33. The summed E-state index contributed by atoms with van der Waals surface area (Å²) >= 11 is 0. The van der Waals surface area contributed by atoms with E-state index in [4.69, 9.17) is 4.74 Å². The first-order chi connectivity index (χ1) is 10.5. The van der Waals surface area contributed by atoms with Crippen molar-refractivity contribution in [1.29, 1.82) is 0 Å². The number of nitrogens with one attached hydrogen (secondary N) is 1. The molecular weight excluding hydrogens is 315 g/mol. The van der Waals surface area contributed by atoms with Gasteiger partial charge in [0.25, 0.3) is 0 Å². The average molecular weight is 329 g/mol. The van der Waals surface area contributed by atoms with Crippen LogP contribution in [0.25, 0.3) is 11.4 Å². The van der Waals surface area contributed by atoms with Crippen LogP contribution >= 0.6 is 0 Å². The fraction of sp³-hybridized carbons (Fsp3) is 0.357. The highest BCUT2D eigenvalue weighted by molar-refractivity contribution is 5.85. The van der Waals surface area contributed by atoms with E-state index in [1.54, 1.807) is 20.8 Å². The van der Waals surface area contributed by atoms with Crippen molar-refractivity contribution in [2.24, 2.45) is 0 Å². The van der Waals surface area contributed by atoms with Crippen molar-refractivity contribution in [2.75, 3.05) is 5.32 Å². The highest BCUT2D eigenvalue weighted by atomic mass is 19.4. The number of halogens is 3. The molecule has 0 fully saturated rings. The summed E-state index contributed by atoms with van der Waals surface area (Å²) in [5.41, 5.74) is 0.101. The summed E-state index contributed by atoms with van der Waals surface area (Å²) < 4.78 is 46.4. The molecule has 1 amide bonds. The van der Waals surface area contributed by atoms with E-state index in [2.05, 4.69) is 20.0 Å². The Morgan fingerprint density at radius 1 is 1.17 bits per heavy atom. The number of nitrogens with zero attached hydrogens (tertiary/aromatic N) is 2. The zero-order chi connectivity index (χ0) is 17.3. The van der Waals surface area contributed by atoms with Crippen molar-refractivity contribution in [2.45, 2.75) is 32.5 Å². The van der Waals surface area contributed by atoms with Gasteiger partial charge in [0.15, 0.2) is 0 Å². The summed E-state index contributed by atoms with van der Waals surface area (Å²) in [5, 5.41) is 5.78. The molecule has 2 aromatic rings. The van der Waals surface area contributed by atoms with Crippen molar-refractivity contribution >= 4 is 11.8 Å². The van der Waals surface area contributed by atoms with E-state index >= 15 is 0 Å². The maximum Gasteiger partial charge on any atom is 0.471 e. The first-order valence-corrected chi connectivity index (χ1v) is 6.56. The Morgan fingerprint density at radius 3 is 2.26 bits per heavy atom. The Morgan fingerprint density at radius 2 is 1.78 bits per heavy atom. The molecular formula is C14H14F3N3O3. The number of hydrogen-bond donors (Lipinski definition) is 1. The molecule has 0 aliphatic rings. The fourth-order valence-electron chi connectivity index (χ4n) is 1.58. The van der Waals surface area contributed by atoms with Crippen molar-refractivity contribution in [3.63, 3.8) is 0 Å². The molecule has 0 saturated heterocycles. The van der Waals surface area contributed by atoms with Crippen LogP contribution in [0.5, 0.6) is 0 Å². The lowest BCUT2D eigenvalue weighted by Gasteiger charge is -2.19. The topological polar surface area (TPSA) is 77.2 Å². The van der Waals surface area contributed by atoms with Gasteiger partial charge in [0.1, 0.15) is 5.60 Å². The number of ether oxygens (including phenoxy) is 1. The standard InChI is InChI=1S/C14H14F3N3O3/c1-13(2,3)22-12(21)18-9-6-4-8(5-7-9)10-19-11(23-20-10)14(15,16)17/h4-7H,1-3H3,(H,18,21). The van der Waals surface area contributed by atoms with Gasteiger partial charge in [-0.2, -0.15) is 18.2 Å². The predicted octanol–water partition coefficient (Wildman–Crippen LogP) is 4.10. The molecule has 0 bridgehead atoms. The number of rotatable bonds is 2. The molecule has 0 radical (unpaired) electrons. The van der Waals surface area contributed by atoms with Crippen LogP contribution < -0.4 is 5.32 Å². The smallest absolute Gasteiger partial charge is 0.444 e. The molecule has 0 aliphatic carbocycles. The molecule has 0 atom stereocenters. The molecule has 1 N–H and O–H groups in total. The predicted molar refractivity (Wildman–Crippen MR) is 74.6 cm³/mol. The molecule has 9 heteroatoms. The quantitative estimate of drug-likeness (QED) is 0.897. The Balaban J connectivity index is 2.08. The summed E-state index contributed by atoms with van der Waals surface area (Å²) in [4.78, 5) is 14.9. The second-order valence-electron chi connectivity index (χ2n) is 5.63. The van der Waals surface area contributed by atoms with Crippen molar-refractivity contribution in [3.8, 4) is 11.4 Å². The highest BCUT2D eigenvalue weighted by Crippen LogP contribution is 2.29. The number of aromatic nitrogens is 2. The van der Waals surface area contributed by atoms with Crippen LogP contribution in [0, 0.1) is 0 Å². The maximum absolute atomic E-state index is 12.4. The van der Waals surface area contributed by atoms with E-state index < -0.39 is 23.8 Å². The van der Waals surface area contributed by atoms with Gasteiger partial charge >= 0.3 is 18.2 Å². The molecule has 1 heterocycles. The van der Waals surface area contributed by atoms with E-state index in [1.807, 2.05) is 0 Å². The minimum atomic E-state index is -4.69. The number of carbonyl (C=O) groups excluding carboxylic acids is 1. The number of alkyl halides is 3. The molecule has 124 valence electrons. The summed E-state index contributed by atoms with van der Waals surface area (Å²) in [6, 6.07) is 5.89. The van der Waals surface area contributed by atoms with Gasteiger partial charge in [0.2, 0.25) is 5.82 Å². The van der Waals surface area contributed by atoms with Crippen LogP contribution in [0.4, 0.5) is 23.7 Å². The van der Waals surface area contributed by atoms with Crippen LogP contribution in [0.15, 0.2) is 28.8 Å². The molecule has 1 aromatic carbocycles. The van der Waals surface area contributed by atoms with E-state index in [0.29, 0.717) is 11.3 Å². The Kier molecular flexibility index (Phi) is 4.31. The number of hydrogen-bond acceptors (Lipinski definition) is 5. The van der Waals surface area contributed by atoms with Gasteiger partial charge in [-0.15, -0.1) is 0 Å². The SMILES string of the molecule is CC(C)(C)OC(=O)Nc1ccc(-c2noc(C(F)(F)F)n2)cc1. The summed E-state index contributed by atoms with van der Waals surface area (Å²) in [5.74, 6) is -1.61. The normalized spacial score (nSPS) is 12.1. The molecule has 1 aromatic heterocycles. The monoisotopic (exact) mass is 329 g/mol. The molecule has 2 rings (SSSR count). The number of benzene rings is 1. The van der Waals surface area contributed by atoms with Gasteiger partial charge in [-0.1, -0.05) is 5.16 Å². The lowest BCUT2D eigenvalue weighted by atomic mass is 10.2. The fourth-order valence-corrected chi connectivity index (χ4v) is 1.58. The molecule has 0 aliphatic heterocycles. The lowest BCUT2D eigenvalue weighted by Crippen LogP contribution is -2.27. The van der Waals surface area contributed by atoms with Gasteiger partial charge in [-0.05, 0) is 45.0 Å². The third kappa shape index (κ3) is 4.70. The number of carbonyl (C=O) groups is 1. The Bertz CT molecular complexity index is 688. The minimum Gasteiger partial charge on any atom is -0.444 e. The van der Waals surface area contributed by atoms with Gasteiger partial charge in [-0.25, -0.2) is 4.79 Å². The third-order valence-corrected chi connectivity index (χ3v) is 2.46. The Hall–Kier alpha value is -2.58. The highest BCUT2D eigenvalue weighted by Gasteiger charge is 2.38. The van der Waals surface area contributed by atoms with E-state index in [9.17, 15) is 18.0 Å². The van der Waals surface area contributed by atoms with Crippen LogP contribution in [0.1, 0.15) is 26.7 Å². The molecule has 23 heavy (non-hydrogen) atoms. The van der Waals surface area contributed by atoms with Gasteiger partial charge in [0, 0.05) is 11.3 Å². The van der Waals surface area contributed by atoms with Crippen LogP contribution in [0.3, 0.4) is 0 Å². The van der Waals surface area contributed by atoms with Gasteiger partial charge in [0.05, 0.1) is 0 Å². The van der Waals surface area contributed by atoms with E-state index in [1.165, 1.54) is 24.3 Å². The Labute approximate surface area is 129 Å². The summed E-state index contributed by atoms with van der Waals surface area (Å²) in [7, 11) is 0. The second-order valence-corrected chi connectivity index (χ2v) is 5.63. The third-order valence-electron chi connectivity index (χ3n) is 2.46. The molecule has 6 nitrogen and oxygen atoms in total. The van der Waals surface area contributed by atoms with Gasteiger partial charge in [-0.3, -0.25) is 5.32 Å². The first-order valence-electron chi connectivity index (χ1n) is 6.56. The minimum absolute atomic E-state index is 0.193. The van der Waals surface area contributed by atoms with E-state index in [-0.39, 0.29) is 5.82 Å². The van der Waals surface area contributed by atoms with E-state index in [0.717, 1.165) is 0 Å². The summed E-state index contributed by atoms with van der Waals surface area (Å²) in [6.45, 7) is 5.18. The molecule has 0 saturated carbocycles. The van der Waals surface area contributed by atoms with Crippen LogP contribution in [0.2, 0.25) is 0 Å². The second kappa shape index (κ2) is 5.90. The van der Waals surface area contributed by atoms with Crippen molar-refractivity contribution < 1.29 is 27.2 Å². The largest absolute Gasteiger partial charge is 0.471 e. The molecule has 0 spiro atoms. The van der Waals surface area contributed by atoms with Crippen molar-refractivity contribution in [3.05, 3.63) is 30.2 Å². The maximum atomic E-state index is 12.4. The molecule has 0 unspecified atom stereocenters. The zero-order valence-corrected chi connectivity index (χ0v) is 12.6. The van der Waals surface area contributed by atoms with Gasteiger partial charge < -0.3 is 9.26 Å². The average Bonchev–Trinajstić information content (AvgIpc) is 2.86. The first kappa shape index (κ1) is 16.8. The number of amides is 1.